The fraction of sp³-hybridized carbons (Fsp3) is 0.0526. The Morgan fingerprint density at radius 3 is 2.71 bits per heavy atom. The summed E-state index contributed by atoms with van der Waals surface area (Å²) in [6.45, 7) is 1.67. The van der Waals surface area contributed by atoms with E-state index in [1.807, 2.05) is 6.07 Å². The molecule has 4 nitrogen and oxygen atoms in total. The molecule has 1 amide bonds. The van der Waals surface area contributed by atoms with Crippen LogP contribution in [0.25, 0.3) is 0 Å². The molecule has 3 aromatic rings. The second-order valence-corrected chi connectivity index (χ2v) is 5.22. The van der Waals surface area contributed by atoms with E-state index in [4.69, 9.17) is 4.74 Å². The molecular formula is C19H15FN2O2. The third-order valence-corrected chi connectivity index (χ3v) is 3.39. The first kappa shape index (κ1) is 15.7. The second-order valence-electron chi connectivity index (χ2n) is 5.22. The number of rotatable bonds is 4. The van der Waals surface area contributed by atoms with Crippen molar-refractivity contribution < 1.29 is 13.9 Å². The number of aromatic nitrogens is 1. The van der Waals surface area contributed by atoms with Crippen molar-refractivity contribution in [1.82, 2.24) is 4.98 Å². The first-order valence-corrected chi connectivity index (χ1v) is 7.38. The van der Waals surface area contributed by atoms with Crippen molar-refractivity contribution in [2.24, 2.45) is 0 Å². The highest BCUT2D eigenvalue weighted by Gasteiger charge is 2.09. The summed E-state index contributed by atoms with van der Waals surface area (Å²) in [6.07, 6.45) is 1.62. The van der Waals surface area contributed by atoms with Crippen LogP contribution in [0.2, 0.25) is 0 Å². The number of ether oxygens (including phenoxy) is 1. The fourth-order valence-corrected chi connectivity index (χ4v) is 2.10. The minimum absolute atomic E-state index is 0.343. The van der Waals surface area contributed by atoms with Crippen LogP contribution < -0.4 is 10.1 Å². The molecule has 24 heavy (non-hydrogen) atoms. The van der Waals surface area contributed by atoms with Gasteiger partial charge in [0, 0.05) is 23.5 Å². The molecule has 0 atom stereocenters. The van der Waals surface area contributed by atoms with Crippen LogP contribution in [0.3, 0.4) is 0 Å². The molecule has 0 aliphatic rings. The van der Waals surface area contributed by atoms with Gasteiger partial charge in [0.25, 0.3) is 5.91 Å². The Morgan fingerprint density at radius 2 is 1.96 bits per heavy atom. The second kappa shape index (κ2) is 6.91. The highest BCUT2D eigenvalue weighted by molar-refractivity contribution is 6.04. The number of nitrogens with zero attached hydrogens (tertiary/aromatic N) is 1. The third-order valence-electron chi connectivity index (χ3n) is 3.39. The maximum Gasteiger partial charge on any atom is 0.255 e. The van der Waals surface area contributed by atoms with Gasteiger partial charge in [-0.2, -0.15) is 0 Å². The van der Waals surface area contributed by atoms with Crippen molar-refractivity contribution in [3.8, 4) is 11.6 Å². The lowest BCUT2D eigenvalue weighted by atomic mass is 10.1. The molecule has 0 aliphatic carbocycles. The van der Waals surface area contributed by atoms with Gasteiger partial charge in [-0.25, -0.2) is 9.37 Å². The number of aryl methyl sites for hydroxylation is 1. The lowest BCUT2D eigenvalue weighted by Gasteiger charge is -2.08. The number of anilines is 1. The Balaban J connectivity index is 1.75. The van der Waals surface area contributed by atoms with Crippen LogP contribution in [0.5, 0.6) is 11.6 Å². The summed E-state index contributed by atoms with van der Waals surface area (Å²) in [5.41, 5.74) is 1.34. The number of hydrogen-bond donors (Lipinski definition) is 1. The first-order chi connectivity index (χ1) is 11.6. The van der Waals surface area contributed by atoms with Crippen LogP contribution in [0.1, 0.15) is 15.9 Å². The quantitative estimate of drug-likeness (QED) is 0.765. The minimum atomic E-state index is -0.361. The lowest BCUT2D eigenvalue weighted by Crippen LogP contribution is -2.12. The summed E-state index contributed by atoms with van der Waals surface area (Å²) in [5, 5.41) is 2.67. The van der Waals surface area contributed by atoms with Crippen molar-refractivity contribution in [3.63, 3.8) is 0 Å². The molecule has 0 bridgehead atoms. The molecule has 120 valence electrons. The topological polar surface area (TPSA) is 51.2 Å². The molecule has 1 heterocycles. The maximum atomic E-state index is 13.6. The van der Waals surface area contributed by atoms with E-state index in [2.05, 4.69) is 10.3 Å². The summed E-state index contributed by atoms with van der Waals surface area (Å²) in [7, 11) is 0. The number of hydrogen-bond acceptors (Lipinski definition) is 3. The van der Waals surface area contributed by atoms with Crippen LogP contribution in [-0.2, 0) is 0 Å². The number of pyridine rings is 1. The van der Waals surface area contributed by atoms with E-state index in [-0.39, 0.29) is 11.7 Å². The molecule has 0 spiro atoms. The van der Waals surface area contributed by atoms with Gasteiger partial charge >= 0.3 is 0 Å². The zero-order valence-corrected chi connectivity index (χ0v) is 13.0. The van der Waals surface area contributed by atoms with Crippen LogP contribution in [0.15, 0.2) is 66.9 Å². The van der Waals surface area contributed by atoms with Gasteiger partial charge in [0.05, 0.1) is 0 Å². The molecule has 0 fully saturated rings. The van der Waals surface area contributed by atoms with Gasteiger partial charge in [0.15, 0.2) is 0 Å². The van der Waals surface area contributed by atoms with Gasteiger partial charge < -0.3 is 10.1 Å². The van der Waals surface area contributed by atoms with E-state index < -0.39 is 0 Å². The third kappa shape index (κ3) is 3.76. The fourth-order valence-electron chi connectivity index (χ4n) is 2.10. The van der Waals surface area contributed by atoms with E-state index in [1.165, 1.54) is 6.07 Å². The Kier molecular flexibility index (Phi) is 4.52. The predicted molar refractivity (Wildman–Crippen MR) is 89.8 cm³/mol. The molecular weight excluding hydrogens is 307 g/mol. The Morgan fingerprint density at radius 1 is 1.08 bits per heavy atom. The Labute approximate surface area is 138 Å². The molecule has 0 aliphatic heterocycles. The van der Waals surface area contributed by atoms with Gasteiger partial charge in [0.1, 0.15) is 11.6 Å². The maximum absolute atomic E-state index is 13.6. The molecule has 5 heteroatoms. The summed E-state index contributed by atoms with van der Waals surface area (Å²) in [5.74, 6) is 0.233. The molecule has 3 rings (SSSR count). The van der Waals surface area contributed by atoms with E-state index in [9.17, 15) is 9.18 Å². The van der Waals surface area contributed by atoms with Gasteiger partial charge in [-0.1, -0.05) is 18.2 Å². The number of halogens is 1. The van der Waals surface area contributed by atoms with Crippen molar-refractivity contribution in [2.45, 2.75) is 6.92 Å². The van der Waals surface area contributed by atoms with E-state index >= 15 is 0 Å². The van der Waals surface area contributed by atoms with E-state index in [0.717, 1.165) is 0 Å². The molecule has 1 aromatic heterocycles. The predicted octanol–water partition coefficient (Wildman–Crippen LogP) is 4.57. The molecule has 0 unspecified atom stereocenters. The zero-order valence-electron chi connectivity index (χ0n) is 13.0. The number of nitrogens with one attached hydrogen (secondary N) is 1. The van der Waals surface area contributed by atoms with Crippen LogP contribution in [0.4, 0.5) is 10.1 Å². The van der Waals surface area contributed by atoms with Crippen LogP contribution in [-0.4, -0.2) is 10.9 Å². The summed E-state index contributed by atoms with van der Waals surface area (Å²) < 4.78 is 19.2. The lowest BCUT2D eigenvalue weighted by molar-refractivity contribution is 0.102. The van der Waals surface area contributed by atoms with Crippen molar-refractivity contribution in [3.05, 3.63) is 83.8 Å². The zero-order chi connectivity index (χ0) is 16.9. The van der Waals surface area contributed by atoms with Crippen molar-refractivity contribution >= 4 is 11.6 Å². The SMILES string of the molecule is Cc1ccc(NC(=O)c2cccc(Oc3ccccn3)c2)cc1F. The average Bonchev–Trinajstić information content (AvgIpc) is 2.59. The van der Waals surface area contributed by atoms with Gasteiger partial charge in [0.2, 0.25) is 5.88 Å². The number of benzene rings is 2. The van der Waals surface area contributed by atoms with Gasteiger partial charge in [-0.3, -0.25) is 4.79 Å². The summed E-state index contributed by atoms with van der Waals surface area (Å²) in [6, 6.07) is 16.6. The molecule has 2 aromatic carbocycles. The number of carbonyl (C=O) groups excluding carboxylic acids is 1. The molecule has 0 radical (unpaired) electrons. The smallest absolute Gasteiger partial charge is 0.255 e. The largest absolute Gasteiger partial charge is 0.439 e. The van der Waals surface area contributed by atoms with Crippen molar-refractivity contribution in [2.75, 3.05) is 5.32 Å². The van der Waals surface area contributed by atoms with Crippen LogP contribution in [0, 0.1) is 12.7 Å². The minimum Gasteiger partial charge on any atom is -0.439 e. The normalized spacial score (nSPS) is 10.2. The molecule has 1 N–H and O–H groups in total. The number of amides is 1. The number of carbonyl (C=O) groups is 1. The average molecular weight is 322 g/mol. The van der Waals surface area contributed by atoms with Crippen LogP contribution >= 0.6 is 0 Å². The standard InChI is InChI=1S/C19H15FN2O2/c1-13-8-9-15(12-17(13)20)22-19(23)14-5-4-6-16(11-14)24-18-7-2-3-10-21-18/h2-12H,1H3,(H,22,23). The first-order valence-electron chi connectivity index (χ1n) is 7.38. The van der Waals surface area contributed by atoms with E-state index in [1.54, 1.807) is 61.7 Å². The Hall–Kier alpha value is -3.21. The highest BCUT2D eigenvalue weighted by atomic mass is 19.1. The summed E-state index contributed by atoms with van der Waals surface area (Å²) in [4.78, 5) is 16.4. The van der Waals surface area contributed by atoms with Crippen molar-refractivity contribution in [1.29, 1.82) is 0 Å². The Bertz CT molecular complexity index is 866. The molecule has 0 saturated heterocycles. The van der Waals surface area contributed by atoms with Gasteiger partial charge in [-0.15, -0.1) is 0 Å². The highest BCUT2D eigenvalue weighted by Crippen LogP contribution is 2.21. The van der Waals surface area contributed by atoms with E-state index in [0.29, 0.717) is 28.4 Å². The summed E-state index contributed by atoms with van der Waals surface area (Å²) >= 11 is 0. The monoisotopic (exact) mass is 322 g/mol. The molecule has 0 saturated carbocycles. The van der Waals surface area contributed by atoms with Gasteiger partial charge in [-0.05, 0) is 48.9 Å².